The maximum Gasteiger partial charge on any atom is 0.335 e. The van der Waals surface area contributed by atoms with Crippen LogP contribution >= 0.6 is 11.8 Å². The summed E-state index contributed by atoms with van der Waals surface area (Å²) in [5.41, 5.74) is -0.0276. The number of carbonyl (C=O) groups is 1. The van der Waals surface area contributed by atoms with Crippen LogP contribution in [0.15, 0.2) is 40.4 Å². The molecule has 0 fully saturated rings. The number of hydrogen-bond donors (Lipinski definition) is 2. The minimum atomic E-state index is -1.11. The zero-order valence-corrected chi connectivity index (χ0v) is 10.4. The van der Waals surface area contributed by atoms with Crippen LogP contribution in [0.2, 0.25) is 0 Å². The van der Waals surface area contributed by atoms with Crippen molar-refractivity contribution >= 4 is 17.7 Å². The number of halogens is 1. The van der Waals surface area contributed by atoms with Gasteiger partial charge in [-0.3, -0.25) is 4.79 Å². The lowest BCUT2D eigenvalue weighted by molar-refractivity contribution is 0.0696. The van der Waals surface area contributed by atoms with Crippen LogP contribution in [0.4, 0.5) is 4.39 Å². The van der Waals surface area contributed by atoms with Crippen LogP contribution in [0, 0.1) is 5.82 Å². The van der Waals surface area contributed by atoms with Crippen LogP contribution < -0.4 is 5.56 Å². The van der Waals surface area contributed by atoms with Crippen molar-refractivity contribution in [2.75, 3.05) is 0 Å². The first-order valence-electron chi connectivity index (χ1n) is 5.26. The number of rotatable bonds is 4. The minimum Gasteiger partial charge on any atom is -0.478 e. The van der Waals surface area contributed by atoms with Crippen molar-refractivity contribution in [2.24, 2.45) is 0 Å². The topological polar surface area (TPSA) is 83.0 Å². The molecule has 1 aromatic carbocycles. The van der Waals surface area contributed by atoms with Crippen molar-refractivity contribution in [3.63, 3.8) is 0 Å². The number of aromatic carboxylic acids is 1. The summed E-state index contributed by atoms with van der Waals surface area (Å²) >= 11 is 1.12. The van der Waals surface area contributed by atoms with Gasteiger partial charge in [-0.1, -0.05) is 11.8 Å². The number of H-pyrrole nitrogens is 1. The Hall–Kier alpha value is -2.15. The van der Waals surface area contributed by atoms with Crippen molar-refractivity contribution in [3.05, 3.63) is 57.8 Å². The SMILES string of the molecule is O=C(O)c1ccc(F)c(CSc2nccc(=O)[nH]2)c1. The molecular weight excluding hydrogens is 271 g/mol. The summed E-state index contributed by atoms with van der Waals surface area (Å²) in [6.07, 6.45) is 1.35. The first kappa shape index (κ1) is 13.3. The molecule has 0 aliphatic rings. The van der Waals surface area contributed by atoms with Crippen molar-refractivity contribution in [2.45, 2.75) is 10.9 Å². The molecule has 2 aromatic rings. The van der Waals surface area contributed by atoms with Crippen LogP contribution in [-0.2, 0) is 5.75 Å². The second kappa shape index (κ2) is 5.66. The van der Waals surface area contributed by atoms with E-state index in [1.165, 1.54) is 24.4 Å². The molecule has 2 N–H and O–H groups in total. The van der Waals surface area contributed by atoms with Gasteiger partial charge in [0.15, 0.2) is 5.16 Å². The van der Waals surface area contributed by atoms with E-state index < -0.39 is 11.8 Å². The predicted molar refractivity (Wildman–Crippen MR) is 67.8 cm³/mol. The van der Waals surface area contributed by atoms with E-state index in [4.69, 9.17) is 5.11 Å². The van der Waals surface area contributed by atoms with Crippen LogP contribution in [0.1, 0.15) is 15.9 Å². The molecule has 0 atom stereocenters. The molecule has 7 heteroatoms. The van der Waals surface area contributed by atoms with E-state index in [1.54, 1.807) is 0 Å². The molecule has 0 aliphatic carbocycles. The molecule has 98 valence electrons. The molecule has 2 rings (SSSR count). The Morgan fingerprint density at radius 2 is 2.21 bits per heavy atom. The summed E-state index contributed by atoms with van der Waals surface area (Å²) < 4.78 is 13.5. The Labute approximate surface area is 111 Å². The number of carboxylic acid groups (broad SMARTS) is 1. The molecular formula is C12H9FN2O3S. The lowest BCUT2D eigenvalue weighted by atomic mass is 10.1. The van der Waals surface area contributed by atoms with Gasteiger partial charge < -0.3 is 10.1 Å². The molecule has 0 unspecified atom stereocenters. The van der Waals surface area contributed by atoms with Gasteiger partial charge in [0.1, 0.15) is 5.82 Å². The second-order valence-corrected chi connectivity index (χ2v) is 4.60. The van der Waals surface area contributed by atoms with E-state index in [1.807, 2.05) is 0 Å². The molecule has 0 saturated carbocycles. The maximum atomic E-state index is 13.5. The maximum absolute atomic E-state index is 13.5. The Balaban J connectivity index is 2.17. The van der Waals surface area contributed by atoms with Crippen LogP contribution in [-0.4, -0.2) is 21.0 Å². The molecule has 0 bridgehead atoms. The van der Waals surface area contributed by atoms with Gasteiger partial charge in [0, 0.05) is 18.0 Å². The van der Waals surface area contributed by atoms with Gasteiger partial charge in [0.2, 0.25) is 0 Å². The molecule has 0 radical (unpaired) electrons. The molecule has 0 amide bonds. The van der Waals surface area contributed by atoms with Gasteiger partial charge in [0.25, 0.3) is 5.56 Å². The summed E-state index contributed by atoms with van der Waals surface area (Å²) in [5.74, 6) is -1.42. The largest absolute Gasteiger partial charge is 0.478 e. The lowest BCUT2D eigenvalue weighted by Gasteiger charge is -2.04. The van der Waals surface area contributed by atoms with Gasteiger partial charge in [0.05, 0.1) is 5.56 Å². The molecule has 0 aliphatic heterocycles. The highest BCUT2D eigenvalue weighted by molar-refractivity contribution is 7.98. The third-order valence-corrected chi connectivity index (χ3v) is 3.24. The van der Waals surface area contributed by atoms with Gasteiger partial charge in [-0.2, -0.15) is 0 Å². The second-order valence-electron chi connectivity index (χ2n) is 3.64. The zero-order valence-electron chi connectivity index (χ0n) is 9.59. The summed E-state index contributed by atoms with van der Waals surface area (Å²) in [6.45, 7) is 0. The number of benzene rings is 1. The number of nitrogens with one attached hydrogen (secondary N) is 1. The normalized spacial score (nSPS) is 10.4. The van der Waals surface area contributed by atoms with Crippen molar-refractivity contribution in [1.82, 2.24) is 9.97 Å². The summed E-state index contributed by atoms with van der Waals surface area (Å²) in [7, 11) is 0. The number of carboxylic acids is 1. The molecule has 1 heterocycles. The van der Waals surface area contributed by atoms with E-state index in [-0.39, 0.29) is 22.4 Å². The van der Waals surface area contributed by atoms with Crippen molar-refractivity contribution < 1.29 is 14.3 Å². The molecule has 1 aromatic heterocycles. The summed E-state index contributed by atoms with van der Waals surface area (Å²) in [6, 6.07) is 4.86. The quantitative estimate of drug-likeness (QED) is 0.660. The Bertz CT molecular complexity index is 672. The van der Waals surface area contributed by atoms with E-state index in [0.29, 0.717) is 5.16 Å². The van der Waals surface area contributed by atoms with E-state index in [2.05, 4.69) is 9.97 Å². The number of hydrogen-bond acceptors (Lipinski definition) is 4. The van der Waals surface area contributed by atoms with Gasteiger partial charge in [-0.25, -0.2) is 14.2 Å². The van der Waals surface area contributed by atoms with Crippen molar-refractivity contribution in [1.29, 1.82) is 0 Å². The molecule has 5 nitrogen and oxygen atoms in total. The monoisotopic (exact) mass is 280 g/mol. The van der Waals surface area contributed by atoms with Gasteiger partial charge >= 0.3 is 5.97 Å². The van der Waals surface area contributed by atoms with E-state index in [0.717, 1.165) is 17.8 Å². The fourth-order valence-corrected chi connectivity index (χ4v) is 2.21. The summed E-state index contributed by atoms with van der Waals surface area (Å²) in [4.78, 5) is 28.2. The highest BCUT2D eigenvalue weighted by atomic mass is 32.2. The molecule has 19 heavy (non-hydrogen) atoms. The average Bonchev–Trinajstić information content (AvgIpc) is 2.37. The van der Waals surface area contributed by atoms with E-state index >= 15 is 0 Å². The van der Waals surface area contributed by atoms with Crippen LogP contribution in [0.5, 0.6) is 0 Å². The fourth-order valence-electron chi connectivity index (χ4n) is 1.39. The first-order valence-corrected chi connectivity index (χ1v) is 6.24. The van der Waals surface area contributed by atoms with Gasteiger partial charge in [-0.05, 0) is 23.8 Å². The first-order chi connectivity index (χ1) is 9.06. The van der Waals surface area contributed by atoms with Crippen LogP contribution in [0.3, 0.4) is 0 Å². The number of aromatic amines is 1. The van der Waals surface area contributed by atoms with Gasteiger partial charge in [-0.15, -0.1) is 0 Å². The Morgan fingerprint density at radius 3 is 2.89 bits per heavy atom. The molecule has 0 spiro atoms. The fraction of sp³-hybridized carbons (Fsp3) is 0.0833. The smallest absolute Gasteiger partial charge is 0.335 e. The third-order valence-electron chi connectivity index (χ3n) is 2.30. The van der Waals surface area contributed by atoms with Crippen LogP contribution in [0.25, 0.3) is 0 Å². The standard InChI is InChI=1S/C12H9FN2O3S/c13-9-2-1-7(11(17)18)5-8(9)6-19-12-14-4-3-10(16)15-12/h1-5H,6H2,(H,17,18)(H,14,15,16). The Morgan fingerprint density at radius 1 is 1.42 bits per heavy atom. The highest BCUT2D eigenvalue weighted by Gasteiger charge is 2.09. The van der Waals surface area contributed by atoms with E-state index in [9.17, 15) is 14.0 Å². The Kier molecular flexibility index (Phi) is 3.96. The minimum absolute atomic E-state index is 0.0199. The average molecular weight is 280 g/mol. The number of nitrogens with zero attached hydrogens (tertiary/aromatic N) is 1. The number of aromatic nitrogens is 2. The lowest BCUT2D eigenvalue weighted by Crippen LogP contribution is -2.05. The third kappa shape index (κ3) is 3.41. The predicted octanol–water partition coefficient (Wildman–Crippen LogP) is 1.90. The molecule has 0 saturated heterocycles. The van der Waals surface area contributed by atoms with Crippen molar-refractivity contribution in [3.8, 4) is 0 Å². The number of thioether (sulfide) groups is 1. The summed E-state index contributed by atoms with van der Waals surface area (Å²) in [5, 5.41) is 9.19. The zero-order chi connectivity index (χ0) is 13.8. The highest BCUT2D eigenvalue weighted by Crippen LogP contribution is 2.21.